The first-order chi connectivity index (χ1) is 57.5. The zero-order valence-corrected chi connectivity index (χ0v) is 76.3. The third-order valence-electron chi connectivity index (χ3n) is 18.4. The Bertz CT molecular complexity index is 5960. The van der Waals surface area contributed by atoms with Crippen molar-refractivity contribution in [3.63, 3.8) is 0 Å². The van der Waals surface area contributed by atoms with Crippen molar-refractivity contribution in [2.24, 2.45) is 5.73 Å². The van der Waals surface area contributed by atoms with Crippen LogP contribution in [0.5, 0.6) is 23.0 Å². The van der Waals surface area contributed by atoms with Crippen molar-refractivity contribution in [1.29, 1.82) is 0 Å². The van der Waals surface area contributed by atoms with Gasteiger partial charge in [0.05, 0.1) is 121 Å². The molecule has 0 unspecified atom stereocenters. The van der Waals surface area contributed by atoms with Gasteiger partial charge >= 0.3 is 11.9 Å². The van der Waals surface area contributed by atoms with Gasteiger partial charge in [0.2, 0.25) is 0 Å². The van der Waals surface area contributed by atoms with Gasteiger partial charge in [0.1, 0.15) is 34.1 Å². The van der Waals surface area contributed by atoms with Crippen LogP contribution < -0.4 is 35.1 Å². The number of amides is 6. The molecule has 0 aromatic heterocycles. The molecule has 0 fully saturated rings. The number of ether oxygens (including phenoxy) is 5. The Morgan fingerprint density at radius 3 is 1.06 bits per heavy atom. The van der Waals surface area contributed by atoms with E-state index in [2.05, 4.69) is 37.2 Å². The molecule has 0 aliphatic carbocycles. The fraction of sp³-hybridized carbons (Fsp3) is 0.233. The summed E-state index contributed by atoms with van der Waals surface area (Å²) < 4.78 is 75.3. The second-order valence-electron chi connectivity index (χ2n) is 28.3. The summed E-state index contributed by atoms with van der Waals surface area (Å²) in [7, 11) is 3.81. The van der Waals surface area contributed by atoms with Crippen LogP contribution in [0.15, 0.2) is 204 Å². The van der Waals surface area contributed by atoms with E-state index in [0.717, 1.165) is 54.8 Å². The third-order valence-corrected chi connectivity index (χ3v) is 22.4. The number of esters is 2. The molecule has 0 spiro atoms. The SMILES string of the molecule is C.C.C.C.CC(C)(C)c1ccc(S(=O)(=O)Cl)cc1.COc1cccc(CN)c1.COc1cccc(CN2C(=O)c3c(Cl)ccc(NS(=O)(=O)c4ccc(C(C)(C)C)cc4)c3C2=O)c1.COc1cccc(CN2C(=O)c3c(Cl)ccc([N+](=O)[O-])c3C2=O)c1.COc1cccc(CN2C(=O)c3c(N)ccc(Cl)c3C2=O)c1.O=C1OC(=O)c2c([N+](=O)[O-])ccc(Cl)c21.[CH2-]C.[V].[V]. The second kappa shape index (κ2) is 48.3. The molecule has 10 aromatic rings. The molecule has 14 rings (SSSR count). The normalized spacial score (nSPS) is 12.3. The molecular weight excluding hydrogens is 1870 g/mol. The predicted molar refractivity (Wildman–Crippen MR) is 488 cm³/mol. The summed E-state index contributed by atoms with van der Waals surface area (Å²) in [5.41, 5.74) is 15.0. The number of methoxy groups -OCH3 is 4. The molecule has 680 valence electrons. The number of imide groups is 3. The van der Waals surface area contributed by atoms with Gasteiger partial charge in [-0.2, -0.15) is 6.92 Å². The number of nitro benzene ring substituents is 2. The number of nitrogens with two attached hydrogens (primary N) is 2. The minimum absolute atomic E-state index is 0. The van der Waals surface area contributed by atoms with E-state index in [1.807, 2.05) is 51.1 Å². The molecule has 29 nitrogen and oxygen atoms in total. The van der Waals surface area contributed by atoms with E-state index in [1.165, 1.54) is 74.9 Å². The van der Waals surface area contributed by atoms with Gasteiger partial charge in [-0.15, -0.1) is 0 Å². The van der Waals surface area contributed by atoms with Crippen molar-refractivity contribution in [3.05, 3.63) is 319 Å². The minimum Gasteiger partial charge on any atom is -0.497 e. The fourth-order valence-corrected chi connectivity index (χ4v) is 15.0. The number of nitro groups is 2. The summed E-state index contributed by atoms with van der Waals surface area (Å²) in [4.78, 5) is 122. The Morgan fingerprint density at radius 1 is 0.414 bits per heavy atom. The van der Waals surface area contributed by atoms with Crippen molar-refractivity contribution in [2.45, 2.75) is 125 Å². The predicted octanol–water partition coefficient (Wildman–Crippen LogP) is 20.0. The second-order valence-corrected chi connectivity index (χ2v) is 34.2. The quantitative estimate of drug-likeness (QED) is 0.0111. The van der Waals surface area contributed by atoms with E-state index in [9.17, 15) is 75.4 Å². The first kappa shape index (κ1) is 113. The number of rotatable bonds is 17. The smallest absolute Gasteiger partial charge is 0.354 e. The Hall–Kier alpha value is -11.2. The van der Waals surface area contributed by atoms with Crippen LogP contribution >= 0.6 is 57.1 Å². The van der Waals surface area contributed by atoms with Crippen molar-refractivity contribution in [2.75, 3.05) is 38.9 Å². The molecule has 4 aliphatic heterocycles. The van der Waals surface area contributed by atoms with Gasteiger partial charge in [0, 0.05) is 72.2 Å². The standard InChI is InChI=1S/C26H25ClN2O5S.C16H11ClN2O5.C16H13ClN2O3.C10H13ClO2S.C8H2ClNO5.C8H11NO.C2H5.4CH4.2V/c1-26(2,3)17-8-10-19(11-9-17)35(32,33)28-21-13-12-20(27)22-23(21)25(31)29(24(22)30)15-16-6-5-7-18(14-16)34-4;1-24-10-4-2-3-9(7-10)8-18-15(20)13-11(17)5-6-12(19(22)23)14(13)16(18)21;1-22-10-4-2-3-9(7-10)8-19-15(20)13-11(17)5-6-12(18)14(13)16(19)21;1-10(2,3)8-4-6-9(7-5-8)14(11,12)13;9-3-1-2-4(10(13)14)6-5(3)7(11)15-8(6)12;1-10-8-4-2-3-7(5-8)6-9;1-2;;;;;;/h5-14,28H,15H2,1-4H3;2-7H,8H2,1H3;2-7H,8,18H2,1H3;4-7H,1-3H3;1-2H;2-5H,6,9H2,1H3;1H2,2H3;4*1H4;;/q;;;;;;-1;;;;;;. The molecule has 10 aromatic carbocycles. The number of sulfonamides is 1. The maximum absolute atomic E-state index is 13.3. The summed E-state index contributed by atoms with van der Waals surface area (Å²) in [5.74, 6) is -2.76. The van der Waals surface area contributed by atoms with Crippen LogP contribution in [-0.2, 0) is 97.9 Å². The van der Waals surface area contributed by atoms with E-state index in [4.69, 9.17) is 87.5 Å². The number of nitrogens with one attached hydrogen (secondary N) is 1. The Kier molecular flexibility index (Phi) is 42.6. The van der Waals surface area contributed by atoms with E-state index in [-0.39, 0.29) is 183 Å². The van der Waals surface area contributed by atoms with E-state index in [1.54, 1.807) is 112 Å². The van der Waals surface area contributed by atoms with Gasteiger partial charge in [0.25, 0.3) is 65.9 Å². The van der Waals surface area contributed by atoms with E-state index >= 15 is 0 Å². The summed E-state index contributed by atoms with van der Waals surface area (Å²) in [5, 5.41) is 22.0. The van der Waals surface area contributed by atoms with Crippen LogP contribution in [-0.4, -0.2) is 117 Å². The number of halogens is 5. The summed E-state index contributed by atoms with van der Waals surface area (Å²) in [6.45, 7) is 18.0. The molecule has 6 amide bonds. The van der Waals surface area contributed by atoms with Gasteiger partial charge in [-0.25, -0.2) is 26.4 Å². The molecule has 4 aliphatic rings. The zero-order chi connectivity index (χ0) is 90.4. The first-order valence-electron chi connectivity index (χ1n) is 36.3. The Morgan fingerprint density at radius 2 is 0.711 bits per heavy atom. The number of carbonyl (C=O) groups excluding carboxylic acids is 8. The van der Waals surface area contributed by atoms with Gasteiger partial charge in [-0.1, -0.05) is 190 Å². The summed E-state index contributed by atoms with van der Waals surface area (Å²) in [6, 6.07) is 52.4. The van der Waals surface area contributed by atoms with Crippen LogP contribution in [0.3, 0.4) is 0 Å². The number of fused-ring (bicyclic) bond motifs is 4. The topological polar surface area (TPSA) is 411 Å². The van der Waals surface area contributed by atoms with Crippen molar-refractivity contribution in [3.8, 4) is 23.0 Å². The van der Waals surface area contributed by atoms with Gasteiger partial charge in [-0.05, 0) is 153 Å². The van der Waals surface area contributed by atoms with E-state index in [0.29, 0.717) is 34.9 Å². The molecule has 2 radical (unpaired) electrons. The number of nitrogen functional groups attached to an aromatic ring is 1. The van der Waals surface area contributed by atoms with Crippen molar-refractivity contribution in [1.82, 2.24) is 14.7 Å². The summed E-state index contributed by atoms with van der Waals surface area (Å²) in [6.07, 6.45) is 0. The van der Waals surface area contributed by atoms with Crippen LogP contribution in [0, 0.1) is 27.2 Å². The van der Waals surface area contributed by atoms with Crippen molar-refractivity contribution < 1.29 is 126 Å². The number of cyclic esters (lactones) is 2. The number of nitrogens with zero attached hydrogens (tertiary/aromatic N) is 5. The Balaban J connectivity index is 0.000000534. The molecule has 128 heavy (non-hydrogen) atoms. The monoisotopic (exact) mass is 1970 g/mol. The number of carbonyl (C=O) groups is 8. The maximum Gasteiger partial charge on any atom is 0.354 e. The van der Waals surface area contributed by atoms with Crippen LogP contribution in [0.4, 0.5) is 22.7 Å². The number of hydrogen-bond donors (Lipinski definition) is 3. The van der Waals surface area contributed by atoms with Crippen molar-refractivity contribution >= 4 is 146 Å². The van der Waals surface area contributed by atoms with Gasteiger partial charge < -0.3 is 42.1 Å². The third kappa shape index (κ3) is 26.8. The molecule has 0 bridgehead atoms. The first-order valence-corrected chi connectivity index (χ1v) is 41.6. The van der Waals surface area contributed by atoms with Gasteiger partial charge in [0.15, 0.2) is 5.56 Å². The molecule has 0 saturated heterocycles. The van der Waals surface area contributed by atoms with Gasteiger partial charge in [-0.3, -0.25) is 68.4 Å². The molecule has 0 atom stereocenters. The number of benzene rings is 10. The zero-order valence-electron chi connectivity index (χ0n) is 68.1. The molecule has 4 heterocycles. The number of hydrogen-bond acceptors (Lipinski definition) is 23. The average Bonchev–Trinajstić information content (AvgIpc) is 1.61. The Labute approximate surface area is 792 Å². The molecule has 38 heteroatoms. The molecule has 5 N–H and O–H groups in total. The maximum atomic E-state index is 13.3. The molecule has 0 saturated carbocycles. The fourth-order valence-electron chi connectivity index (χ4n) is 12.2. The minimum atomic E-state index is -4.03. The average molecular weight is 1970 g/mol. The van der Waals surface area contributed by atoms with Crippen LogP contribution in [0.1, 0.15) is 194 Å². The van der Waals surface area contributed by atoms with E-state index < -0.39 is 87.7 Å². The largest absolute Gasteiger partial charge is 0.497 e. The molecular formula is C90H96Cl5N8O21S2V2-. The number of anilines is 2. The van der Waals surface area contributed by atoms with Crippen LogP contribution in [0.2, 0.25) is 20.1 Å². The summed E-state index contributed by atoms with van der Waals surface area (Å²) >= 11 is 23.9. The van der Waals surface area contributed by atoms with Crippen LogP contribution in [0.25, 0.3) is 0 Å².